The first-order chi connectivity index (χ1) is 21.7. The number of aromatic nitrogens is 5. The number of hydrogen-bond donors (Lipinski definition) is 4. The summed E-state index contributed by atoms with van der Waals surface area (Å²) in [6.45, 7) is -0.700. The molecule has 45 heavy (non-hydrogen) atoms. The minimum Gasteiger partial charge on any atom is -0.507 e. The largest absolute Gasteiger partial charge is 0.507 e. The normalized spacial score (nSPS) is 16.3. The molecular weight excluding hydrogens is 589 g/mol. The molecule has 4 heterocycles. The molecule has 5 aromatic rings. The van der Waals surface area contributed by atoms with Crippen molar-refractivity contribution in [3.8, 4) is 17.5 Å². The second-order valence-electron chi connectivity index (χ2n) is 10.3. The van der Waals surface area contributed by atoms with Gasteiger partial charge in [-0.05, 0) is 29.8 Å². The molecular formula is C29H24FN9O6. The Hall–Kier alpha value is -5.92. The van der Waals surface area contributed by atoms with E-state index in [1.807, 2.05) is 6.07 Å². The Morgan fingerprint density at radius 3 is 2.89 bits per heavy atom. The van der Waals surface area contributed by atoms with Gasteiger partial charge in [-0.15, -0.1) is 10.2 Å². The molecule has 0 radical (unpaired) electrons. The van der Waals surface area contributed by atoms with Crippen molar-refractivity contribution < 1.29 is 33.5 Å². The number of carbonyl (C=O) groups is 2. The summed E-state index contributed by atoms with van der Waals surface area (Å²) in [7, 11) is 0. The Labute approximate surface area is 253 Å². The Balaban J connectivity index is 1.32. The van der Waals surface area contributed by atoms with Crippen LogP contribution in [0.25, 0.3) is 16.7 Å². The van der Waals surface area contributed by atoms with E-state index in [1.165, 1.54) is 24.4 Å². The molecule has 6 rings (SSSR count). The lowest BCUT2D eigenvalue weighted by molar-refractivity contribution is -0.157. The van der Waals surface area contributed by atoms with Crippen molar-refractivity contribution in [1.82, 2.24) is 30.5 Å². The summed E-state index contributed by atoms with van der Waals surface area (Å²) >= 11 is 0. The van der Waals surface area contributed by atoms with Crippen LogP contribution in [0.15, 0.2) is 65.4 Å². The van der Waals surface area contributed by atoms with E-state index in [9.17, 15) is 19.8 Å². The zero-order valence-electron chi connectivity index (χ0n) is 23.3. The molecule has 0 saturated carbocycles. The lowest BCUT2D eigenvalue weighted by atomic mass is 9.86. The number of nitrogens with two attached hydrogens (primary N) is 1. The minimum absolute atomic E-state index is 0.0189. The summed E-state index contributed by atoms with van der Waals surface area (Å²) < 4.78 is 27.4. The van der Waals surface area contributed by atoms with E-state index in [4.69, 9.17) is 20.3 Å². The number of phenols is 1. The molecule has 3 aromatic heterocycles. The lowest BCUT2D eigenvalue weighted by Crippen LogP contribution is -2.63. The fourth-order valence-electron chi connectivity index (χ4n) is 5.08. The number of benzene rings is 2. The molecule has 1 saturated heterocycles. The molecule has 2 aromatic carbocycles. The molecule has 15 nitrogen and oxygen atoms in total. The first kappa shape index (κ1) is 29.2. The molecule has 0 aliphatic carbocycles. The van der Waals surface area contributed by atoms with E-state index >= 15 is 4.39 Å². The van der Waals surface area contributed by atoms with Gasteiger partial charge in [-0.25, -0.2) is 9.07 Å². The minimum atomic E-state index is -2.09. The molecule has 2 amide bonds. The van der Waals surface area contributed by atoms with Crippen LogP contribution in [0.3, 0.4) is 0 Å². The van der Waals surface area contributed by atoms with E-state index in [-0.39, 0.29) is 53.9 Å². The topological polar surface area (TPSA) is 219 Å². The number of para-hydroxylation sites is 1. The number of phenolic OH excluding ortho intramolecular Hbond substituents is 1. The number of nitrogen functional groups attached to an aromatic ring is 1. The fraction of sp³-hybridized carbons (Fsp3) is 0.207. The predicted octanol–water partition coefficient (Wildman–Crippen LogP) is 1.24. The number of halogens is 1. The molecule has 5 N–H and O–H groups in total. The summed E-state index contributed by atoms with van der Waals surface area (Å²) in [6.07, 6.45) is 0.461. The third kappa shape index (κ3) is 5.60. The zero-order valence-corrected chi connectivity index (χ0v) is 23.3. The lowest BCUT2D eigenvalue weighted by Gasteiger charge is -2.40. The standard InChI is InChI=1S/C29H24FN9O6/c30-21-14-39(18-10-17(12-31)35-34-13-18)36-26(21)38-7-8-44-24(28(38)42)29(43,15-33-27(41)19-3-1-2-4-22(19)40)11-16-5-6-20-23(9-16)45-37-25(20)32/h1-6,9-10,13-14,24,40,43H,7-8,11,15H2,(H2,32,37)(H,33,41)/t24-,29?/m0/s1. The number of aliphatic hydroxyl groups is 1. The quantitative estimate of drug-likeness (QED) is 0.194. The van der Waals surface area contributed by atoms with Crippen LogP contribution in [-0.4, -0.2) is 78.6 Å². The number of aromatic hydroxyl groups is 1. The van der Waals surface area contributed by atoms with E-state index in [0.717, 1.165) is 15.8 Å². The number of amides is 2. The molecule has 228 valence electrons. The van der Waals surface area contributed by atoms with Gasteiger partial charge in [0.15, 0.2) is 34.8 Å². The SMILES string of the molecule is N#Cc1cc(-n2cc(F)c(N3CCO[C@H](C(O)(CNC(=O)c4ccccc4O)Cc4ccc5c(N)noc5c4)C3=O)n2)cnn1. The first-order valence-corrected chi connectivity index (χ1v) is 13.5. The van der Waals surface area contributed by atoms with Gasteiger partial charge in [0.25, 0.3) is 11.8 Å². The van der Waals surface area contributed by atoms with Crippen molar-refractivity contribution in [2.45, 2.75) is 18.1 Å². The van der Waals surface area contributed by atoms with Gasteiger partial charge < -0.3 is 30.5 Å². The van der Waals surface area contributed by atoms with E-state index in [1.54, 1.807) is 30.3 Å². The molecule has 2 atom stereocenters. The maximum atomic E-state index is 15.2. The molecule has 1 aliphatic heterocycles. The van der Waals surface area contributed by atoms with Crippen molar-refractivity contribution in [3.05, 3.63) is 83.6 Å². The summed E-state index contributed by atoms with van der Waals surface area (Å²) in [5.74, 6) is -2.83. The number of carbonyl (C=O) groups excluding carboxylic acids is 2. The molecule has 1 unspecified atom stereocenters. The average Bonchev–Trinajstić information content (AvgIpc) is 3.62. The predicted molar refractivity (Wildman–Crippen MR) is 153 cm³/mol. The number of nitrogens with one attached hydrogen (secondary N) is 1. The molecule has 0 spiro atoms. The van der Waals surface area contributed by atoms with Crippen molar-refractivity contribution in [2.75, 3.05) is 30.3 Å². The highest BCUT2D eigenvalue weighted by atomic mass is 19.1. The van der Waals surface area contributed by atoms with Gasteiger partial charge in [-0.2, -0.15) is 10.4 Å². The monoisotopic (exact) mass is 613 g/mol. The third-order valence-electron chi connectivity index (χ3n) is 7.28. The summed E-state index contributed by atoms with van der Waals surface area (Å²) in [6, 6.07) is 13.9. The van der Waals surface area contributed by atoms with Gasteiger partial charge in [-0.1, -0.05) is 23.4 Å². The van der Waals surface area contributed by atoms with Crippen LogP contribution in [0.5, 0.6) is 5.75 Å². The van der Waals surface area contributed by atoms with Gasteiger partial charge in [0.1, 0.15) is 17.4 Å². The molecule has 1 fully saturated rings. The number of morpholine rings is 1. The highest BCUT2D eigenvalue weighted by molar-refractivity contribution is 5.98. The van der Waals surface area contributed by atoms with E-state index < -0.39 is 35.9 Å². The maximum Gasteiger partial charge on any atom is 0.260 e. The summed E-state index contributed by atoms with van der Waals surface area (Å²) in [4.78, 5) is 27.9. The number of nitrogens with zero attached hydrogens (tertiary/aromatic N) is 7. The maximum absolute atomic E-state index is 15.2. The fourth-order valence-corrected chi connectivity index (χ4v) is 5.08. The van der Waals surface area contributed by atoms with Crippen molar-refractivity contribution >= 4 is 34.4 Å². The number of nitriles is 1. The van der Waals surface area contributed by atoms with Crippen molar-refractivity contribution in [2.24, 2.45) is 0 Å². The molecule has 0 bridgehead atoms. The van der Waals surface area contributed by atoms with Gasteiger partial charge >= 0.3 is 0 Å². The van der Waals surface area contributed by atoms with Crippen LogP contribution in [0, 0.1) is 17.1 Å². The first-order valence-electron chi connectivity index (χ1n) is 13.5. The van der Waals surface area contributed by atoms with E-state index in [2.05, 4.69) is 25.8 Å². The van der Waals surface area contributed by atoms with Crippen LogP contribution in [-0.2, 0) is 16.0 Å². The number of fused-ring (bicyclic) bond motifs is 1. The second kappa shape index (κ2) is 11.6. The van der Waals surface area contributed by atoms with Crippen LogP contribution in [0.1, 0.15) is 21.6 Å². The Morgan fingerprint density at radius 1 is 1.27 bits per heavy atom. The highest BCUT2D eigenvalue weighted by Gasteiger charge is 2.48. The number of anilines is 2. The number of ether oxygens (including phenoxy) is 1. The Kier molecular flexibility index (Phi) is 7.54. The third-order valence-corrected chi connectivity index (χ3v) is 7.28. The smallest absolute Gasteiger partial charge is 0.260 e. The van der Waals surface area contributed by atoms with Crippen LogP contribution in [0.4, 0.5) is 16.0 Å². The van der Waals surface area contributed by atoms with Gasteiger partial charge in [0, 0.05) is 12.5 Å². The average molecular weight is 614 g/mol. The van der Waals surface area contributed by atoms with Crippen LogP contribution < -0.4 is 16.0 Å². The second-order valence-corrected chi connectivity index (χ2v) is 10.3. The van der Waals surface area contributed by atoms with Crippen molar-refractivity contribution in [3.63, 3.8) is 0 Å². The highest BCUT2D eigenvalue weighted by Crippen LogP contribution is 2.30. The zero-order chi connectivity index (χ0) is 31.7. The van der Waals surface area contributed by atoms with Crippen LogP contribution in [0.2, 0.25) is 0 Å². The molecule has 16 heteroatoms. The summed E-state index contributed by atoms with van der Waals surface area (Å²) in [5.41, 5.74) is 4.72. The Bertz CT molecular complexity index is 1970. The summed E-state index contributed by atoms with van der Waals surface area (Å²) in [5, 5.41) is 49.7. The van der Waals surface area contributed by atoms with E-state index in [0.29, 0.717) is 16.5 Å². The van der Waals surface area contributed by atoms with Crippen LogP contribution >= 0.6 is 0 Å². The van der Waals surface area contributed by atoms with Gasteiger partial charge in [0.05, 0.1) is 48.7 Å². The number of rotatable bonds is 8. The Morgan fingerprint density at radius 2 is 2.09 bits per heavy atom. The van der Waals surface area contributed by atoms with Gasteiger partial charge in [0.2, 0.25) is 0 Å². The van der Waals surface area contributed by atoms with Gasteiger partial charge in [-0.3, -0.25) is 14.5 Å². The van der Waals surface area contributed by atoms with Crippen molar-refractivity contribution in [1.29, 1.82) is 5.26 Å². The molecule has 1 aliphatic rings. The number of hydrogen-bond acceptors (Lipinski definition) is 12.